The Balaban J connectivity index is 2.20. The van der Waals surface area contributed by atoms with Gasteiger partial charge in [0, 0.05) is 24.2 Å². The van der Waals surface area contributed by atoms with Gasteiger partial charge in [-0.3, -0.25) is 4.79 Å². The quantitative estimate of drug-likeness (QED) is 0.763. The molecule has 1 saturated heterocycles. The number of carbonyl (C=O) groups excluding carboxylic acids is 1. The fourth-order valence-electron chi connectivity index (χ4n) is 2.44. The number of β-amino-alcohol motifs (C(OH)–C–C–N with tert-alkyl or cyclic N) is 1. The minimum atomic E-state index is -0.457. The smallest absolute Gasteiger partial charge is 0.253 e. The van der Waals surface area contributed by atoms with Crippen molar-refractivity contribution in [2.75, 3.05) is 19.7 Å². The third kappa shape index (κ3) is 3.63. The van der Waals surface area contributed by atoms with E-state index >= 15 is 0 Å². The van der Waals surface area contributed by atoms with E-state index in [1.165, 1.54) is 0 Å². The Morgan fingerprint density at radius 1 is 1.48 bits per heavy atom. The van der Waals surface area contributed by atoms with Gasteiger partial charge in [-0.2, -0.15) is 0 Å². The van der Waals surface area contributed by atoms with Crippen molar-refractivity contribution in [1.29, 1.82) is 0 Å². The minimum Gasteiger partial charge on any atom is -0.391 e. The number of aryl methyl sites for hydroxylation is 1. The standard InChI is InChI=1S/C17H21NO3/c1-12-5-6-15(10-14(12)4-3-9-19)17(21)18-8-7-13(2)16(20)11-18/h5-6,10,13,16,19-20H,7-9,11H2,1-2H3. The van der Waals surface area contributed by atoms with Crippen molar-refractivity contribution in [2.24, 2.45) is 5.92 Å². The Morgan fingerprint density at radius 3 is 2.90 bits per heavy atom. The molecule has 2 N–H and O–H groups in total. The van der Waals surface area contributed by atoms with E-state index < -0.39 is 6.10 Å². The lowest BCUT2D eigenvalue weighted by Gasteiger charge is -2.34. The lowest BCUT2D eigenvalue weighted by Crippen LogP contribution is -2.45. The molecule has 4 nitrogen and oxygen atoms in total. The van der Waals surface area contributed by atoms with Gasteiger partial charge in [-0.05, 0) is 37.0 Å². The topological polar surface area (TPSA) is 60.8 Å². The molecule has 2 atom stereocenters. The summed E-state index contributed by atoms with van der Waals surface area (Å²) in [6, 6.07) is 5.40. The van der Waals surface area contributed by atoms with Crippen LogP contribution in [0.5, 0.6) is 0 Å². The highest BCUT2D eigenvalue weighted by molar-refractivity contribution is 5.94. The molecule has 0 bridgehead atoms. The fraction of sp³-hybridized carbons (Fsp3) is 0.471. The van der Waals surface area contributed by atoms with Crippen LogP contribution < -0.4 is 0 Å². The Labute approximate surface area is 125 Å². The first-order valence-electron chi connectivity index (χ1n) is 7.20. The number of aliphatic hydroxyl groups is 2. The molecular weight excluding hydrogens is 266 g/mol. The van der Waals surface area contributed by atoms with Gasteiger partial charge in [0.2, 0.25) is 0 Å². The Morgan fingerprint density at radius 2 is 2.24 bits per heavy atom. The summed E-state index contributed by atoms with van der Waals surface area (Å²) in [6.07, 6.45) is 0.359. The molecule has 1 amide bonds. The number of carbonyl (C=O) groups is 1. The number of aliphatic hydroxyl groups excluding tert-OH is 2. The van der Waals surface area contributed by atoms with Crippen molar-refractivity contribution in [3.63, 3.8) is 0 Å². The van der Waals surface area contributed by atoms with Gasteiger partial charge >= 0.3 is 0 Å². The van der Waals surface area contributed by atoms with Crippen LogP contribution in [0.2, 0.25) is 0 Å². The monoisotopic (exact) mass is 287 g/mol. The van der Waals surface area contributed by atoms with Crippen molar-refractivity contribution in [1.82, 2.24) is 4.90 Å². The summed E-state index contributed by atoms with van der Waals surface area (Å²) in [5, 5.41) is 18.7. The Bertz CT molecular complexity index is 585. The zero-order valence-electron chi connectivity index (χ0n) is 12.5. The predicted molar refractivity (Wildman–Crippen MR) is 80.8 cm³/mol. The molecule has 1 fully saturated rings. The number of hydrogen-bond donors (Lipinski definition) is 2. The molecule has 21 heavy (non-hydrogen) atoms. The second-order valence-corrected chi connectivity index (χ2v) is 5.57. The number of benzene rings is 1. The number of rotatable bonds is 1. The number of piperidine rings is 1. The van der Waals surface area contributed by atoms with E-state index in [1.54, 1.807) is 17.0 Å². The van der Waals surface area contributed by atoms with Crippen LogP contribution in [0, 0.1) is 24.7 Å². The van der Waals surface area contributed by atoms with Crippen LogP contribution in [-0.4, -0.2) is 46.8 Å². The van der Waals surface area contributed by atoms with Crippen LogP contribution in [-0.2, 0) is 0 Å². The van der Waals surface area contributed by atoms with E-state index in [0.29, 0.717) is 18.7 Å². The van der Waals surface area contributed by atoms with Crippen molar-refractivity contribution in [3.05, 3.63) is 34.9 Å². The molecule has 1 aromatic carbocycles. The van der Waals surface area contributed by atoms with Gasteiger partial charge in [-0.25, -0.2) is 0 Å². The van der Waals surface area contributed by atoms with Crippen LogP contribution in [0.4, 0.5) is 0 Å². The second kappa shape index (κ2) is 6.75. The summed E-state index contributed by atoms with van der Waals surface area (Å²) in [6.45, 7) is 4.77. The van der Waals surface area contributed by atoms with E-state index in [2.05, 4.69) is 11.8 Å². The lowest BCUT2D eigenvalue weighted by molar-refractivity contribution is 0.0248. The highest BCUT2D eigenvalue weighted by Crippen LogP contribution is 2.20. The first-order chi connectivity index (χ1) is 10.0. The molecule has 1 aliphatic heterocycles. The van der Waals surface area contributed by atoms with Crippen LogP contribution >= 0.6 is 0 Å². The lowest BCUT2D eigenvalue weighted by atomic mass is 9.95. The van der Waals surface area contributed by atoms with Gasteiger partial charge in [0.1, 0.15) is 6.61 Å². The van der Waals surface area contributed by atoms with E-state index in [1.807, 2.05) is 19.9 Å². The molecule has 2 unspecified atom stereocenters. The molecule has 1 aliphatic rings. The van der Waals surface area contributed by atoms with Crippen LogP contribution in [0.25, 0.3) is 0 Å². The van der Waals surface area contributed by atoms with Gasteiger partial charge in [0.15, 0.2) is 0 Å². The van der Waals surface area contributed by atoms with Crippen molar-refractivity contribution >= 4 is 5.91 Å². The van der Waals surface area contributed by atoms with Gasteiger partial charge in [-0.15, -0.1) is 0 Å². The van der Waals surface area contributed by atoms with Crippen LogP contribution in [0.15, 0.2) is 18.2 Å². The summed E-state index contributed by atoms with van der Waals surface area (Å²) < 4.78 is 0. The normalized spacial score (nSPS) is 21.6. The summed E-state index contributed by atoms with van der Waals surface area (Å²) >= 11 is 0. The van der Waals surface area contributed by atoms with Crippen LogP contribution in [0.3, 0.4) is 0 Å². The summed E-state index contributed by atoms with van der Waals surface area (Å²) in [5.74, 6) is 5.62. The average molecular weight is 287 g/mol. The average Bonchev–Trinajstić information content (AvgIpc) is 2.48. The molecule has 112 valence electrons. The van der Waals surface area contributed by atoms with Gasteiger partial charge < -0.3 is 15.1 Å². The maximum Gasteiger partial charge on any atom is 0.253 e. The van der Waals surface area contributed by atoms with Crippen LogP contribution in [0.1, 0.15) is 34.8 Å². The van der Waals surface area contributed by atoms with E-state index in [4.69, 9.17) is 5.11 Å². The number of hydrogen-bond acceptors (Lipinski definition) is 3. The molecule has 4 heteroatoms. The van der Waals surface area contributed by atoms with Crippen molar-refractivity contribution in [2.45, 2.75) is 26.4 Å². The molecule has 0 saturated carbocycles. The van der Waals surface area contributed by atoms with Gasteiger partial charge in [0.05, 0.1) is 6.10 Å². The number of amides is 1. The Kier molecular flexibility index (Phi) is 5.00. The van der Waals surface area contributed by atoms with E-state index in [9.17, 15) is 9.90 Å². The van der Waals surface area contributed by atoms with Crippen molar-refractivity contribution in [3.8, 4) is 11.8 Å². The molecule has 1 aromatic rings. The largest absolute Gasteiger partial charge is 0.391 e. The van der Waals surface area contributed by atoms with E-state index in [-0.39, 0.29) is 18.4 Å². The molecule has 0 aromatic heterocycles. The van der Waals surface area contributed by atoms with Gasteiger partial charge in [0.25, 0.3) is 5.91 Å². The molecule has 0 aliphatic carbocycles. The summed E-state index contributed by atoms with van der Waals surface area (Å²) in [7, 11) is 0. The highest BCUT2D eigenvalue weighted by atomic mass is 16.3. The second-order valence-electron chi connectivity index (χ2n) is 5.57. The summed E-state index contributed by atoms with van der Waals surface area (Å²) in [4.78, 5) is 14.2. The molecular formula is C17H21NO3. The van der Waals surface area contributed by atoms with Crippen molar-refractivity contribution < 1.29 is 15.0 Å². The first-order valence-corrected chi connectivity index (χ1v) is 7.20. The molecule has 0 spiro atoms. The first kappa shape index (κ1) is 15.6. The zero-order valence-corrected chi connectivity index (χ0v) is 12.5. The van der Waals surface area contributed by atoms with Gasteiger partial charge in [-0.1, -0.05) is 24.8 Å². The molecule has 0 radical (unpaired) electrons. The Hall–Kier alpha value is -1.83. The summed E-state index contributed by atoms with van der Waals surface area (Å²) in [5.41, 5.74) is 2.30. The number of nitrogens with zero attached hydrogens (tertiary/aromatic N) is 1. The minimum absolute atomic E-state index is 0.0759. The zero-order chi connectivity index (χ0) is 15.4. The molecule has 1 heterocycles. The SMILES string of the molecule is Cc1ccc(C(=O)N2CCC(C)C(O)C2)cc1C#CCO. The third-order valence-corrected chi connectivity index (χ3v) is 3.99. The fourth-order valence-corrected chi connectivity index (χ4v) is 2.44. The third-order valence-electron chi connectivity index (χ3n) is 3.99. The molecule has 2 rings (SSSR count). The predicted octanol–water partition coefficient (Wildman–Crippen LogP) is 1.18. The van der Waals surface area contributed by atoms with E-state index in [0.717, 1.165) is 17.5 Å². The maximum atomic E-state index is 12.5. The maximum absolute atomic E-state index is 12.5. The highest BCUT2D eigenvalue weighted by Gasteiger charge is 2.27. The number of likely N-dealkylation sites (tertiary alicyclic amines) is 1.